The summed E-state index contributed by atoms with van der Waals surface area (Å²) in [4.78, 5) is 11.9. The van der Waals surface area contributed by atoms with E-state index in [0.717, 1.165) is 10.0 Å². The molecule has 0 radical (unpaired) electrons. The highest BCUT2D eigenvalue weighted by molar-refractivity contribution is 9.10. The van der Waals surface area contributed by atoms with Crippen LogP contribution in [0.3, 0.4) is 0 Å². The molecule has 13 heavy (non-hydrogen) atoms. The van der Waals surface area contributed by atoms with Crippen molar-refractivity contribution < 1.29 is 4.79 Å². The van der Waals surface area contributed by atoms with Gasteiger partial charge < -0.3 is 5.32 Å². The number of likely N-dealkylation sites (N-methyl/N-ethyl adjacent to an activating group) is 1. The predicted octanol–water partition coefficient (Wildman–Crippen LogP) is 2.69. The zero-order valence-corrected chi connectivity index (χ0v) is 10.3. The smallest absolute Gasteiger partial charge is 0.184 e. The Balaban J connectivity index is 2.98. The largest absolute Gasteiger partial charge is 0.308 e. The van der Waals surface area contributed by atoms with Gasteiger partial charge in [-0.25, -0.2) is 0 Å². The second-order valence-corrected chi connectivity index (χ2v) is 4.94. The SMILES string of the molecule is CNC(C)(C)C(=O)c1cscc1Br. The Labute approximate surface area is 90.5 Å². The van der Waals surface area contributed by atoms with Crippen LogP contribution in [0.2, 0.25) is 0 Å². The summed E-state index contributed by atoms with van der Waals surface area (Å²) >= 11 is 4.88. The van der Waals surface area contributed by atoms with E-state index >= 15 is 0 Å². The summed E-state index contributed by atoms with van der Waals surface area (Å²) in [5.41, 5.74) is 0.258. The van der Waals surface area contributed by atoms with Gasteiger partial charge in [0.1, 0.15) is 0 Å². The minimum absolute atomic E-state index is 0.114. The standard InChI is InChI=1S/C9H12BrNOS/c1-9(2,11-3)8(12)6-4-13-5-7(6)10/h4-5,11H,1-3H3. The quantitative estimate of drug-likeness (QED) is 0.848. The molecular formula is C9H12BrNOS. The molecule has 0 amide bonds. The van der Waals surface area contributed by atoms with Gasteiger partial charge in [0.2, 0.25) is 0 Å². The fourth-order valence-electron chi connectivity index (χ4n) is 0.894. The number of nitrogens with one attached hydrogen (secondary N) is 1. The average molecular weight is 262 g/mol. The number of thiophene rings is 1. The molecule has 1 rings (SSSR count). The van der Waals surface area contributed by atoms with Crippen LogP contribution in [0.25, 0.3) is 0 Å². The molecular weight excluding hydrogens is 250 g/mol. The van der Waals surface area contributed by atoms with E-state index in [0.29, 0.717) is 0 Å². The topological polar surface area (TPSA) is 29.1 Å². The van der Waals surface area contributed by atoms with Gasteiger partial charge in [-0.1, -0.05) is 0 Å². The number of carbonyl (C=O) groups excluding carboxylic acids is 1. The van der Waals surface area contributed by atoms with Crippen LogP contribution in [-0.4, -0.2) is 18.4 Å². The molecule has 4 heteroatoms. The van der Waals surface area contributed by atoms with Crippen molar-refractivity contribution in [2.24, 2.45) is 0 Å². The molecule has 72 valence electrons. The fraction of sp³-hybridized carbons (Fsp3) is 0.444. The molecule has 0 aliphatic heterocycles. The van der Waals surface area contributed by atoms with Crippen molar-refractivity contribution in [2.45, 2.75) is 19.4 Å². The third kappa shape index (κ3) is 2.18. The van der Waals surface area contributed by atoms with Crippen LogP contribution in [0.4, 0.5) is 0 Å². The lowest BCUT2D eigenvalue weighted by atomic mass is 9.95. The number of ketones is 1. The number of hydrogen-bond acceptors (Lipinski definition) is 3. The van der Waals surface area contributed by atoms with Gasteiger partial charge in [0.05, 0.1) is 5.54 Å². The molecule has 0 saturated heterocycles. The molecule has 0 aliphatic rings. The van der Waals surface area contributed by atoms with E-state index in [1.54, 1.807) is 7.05 Å². The molecule has 1 aromatic heterocycles. The van der Waals surface area contributed by atoms with E-state index in [1.165, 1.54) is 11.3 Å². The maximum atomic E-state index is 11.9. The van der Waals surface area contributed by atoms with E-state index in [-0.39, 0.29) is 5.78 Å². The third-order valence-corrected chi connectivity index (χ3v) is 3.75. The van der Waals surface area contributed by atoms with Gasteiger partial charge in [0, 0.05) is 20.8 Å². The predicted molar refractivity (Wildman–Crippen MR) is 59.5 cm³/mol. The van der Waals surface area contributed by atoms with E-state index in [2.05, 4.69) is 21.2 Å². The van der Waals surface area contributed by atoms with Gasteiger partial charge in [-0.15, -0.1) is 0 Å². The van der Waals surface area contributed by atoms with Gasteiger partial charge in [0.15, 0.2) is 5.78 Å². The number of carbonyl (C=O) groups is 1. The Morgan fingerprint density at radius 1 is 1.54 bits per heavy atom. The van der Waals surface area contributed by atoms with Crippen LogP contribution in [-0.2, 0) is 0 Å². The molecule has 0 unspecified atom stereocenters. The number of rotatable bonds is 3. The van der Waals surface area contributed by atoms with Crippen molar-refractivity contribution in [1.29, 1.82) is 0 Å². The molecule has 1 heterocycles. The Hall–Kier alpha value is -0.190. The molecule has 0 atom stereocenters. The highest BCUT2D eigenvalue weighted by Gasteiger charge is 2.28. The summed E-state index contributed by atoms with van der Waals surface area (Å²) in [6, 6.07) is 0. The normalized spacial score (nSPS) is 11.7. The summed E-state index contributed by atoms with van der Waals surface area (Å²) < 4.78 is 0.880. The monoisotopic (exact) mass is 261 g/mol. The first kappa shape index (κ1) is 10.9. The van der Waals surface area contributed by atoms with Crippen molar-refractivity contribution in [3.05, 3.63) is 20.8 Å². The van der Waals surface area contributed by atoms with Crippen LogP contribution in [0.15, 0.2) is 15.2 Å². The minimum atomic E-state index is -0.496. The Morgan fingerprint density at radius 2 is 2.15 bits per heavy atom. The van der Waals surface area contributed by atoms with Crippen molar-refractivity contribution in [3.63, 3.8) is 0 Å². The van der Waals surface area contributed by atoms with E-state index in [9.17, 15) is 4.79 Å². The number of hydrogen-bond donors (Lipinski definition) is 1. The van der Waals surface area contributed by atoms with Crippen molar-refractivity contribution in [2.75, 3.05) is 7.05 Å². The van der Waals surface area contributed by atoms with Crippen molar-refractivity contribution in [3.8, 4) is 0 Å². The summed E-state index contributed by atoms with van der Waals surface area (Å²) in [7, 11) is 1.79. The highest BCUT2D eigenvalue weighted by atomic mass is 79.9. The molecule has 0 spiro atoms. The Morgan fingerprint density at radius 3 is 2.54 bits per heavy atom. The maximum absolute atomic E-state index is 11.9. The molecule has 0 fully saturated rings. The Bertz CT molecular complexity index is 319. The molecule has 1 aromatic rings. The maximum Gasteiger partial charge on any atom is 0.184 e. The summed E-state index contributed by atoms with van der Waals surface area (Å²) in [5, 5.41) is 6.77. The fourth-order valence-corrected chi connectivity index (χ4v) is 2.35. The molecule has 2 nitrogen and oxygen atoms in total. The van der Waals surface area contributed by atoms with Crippen LogP contribution in [0.1, 0.15) is 24.2 Å². The summed E-state index contributed by atoms with van der Waals surface area (Å²) in [6.45, 7) is 3.75. The van der Waals surface area contributed by atoms with Crippen LogP contribution >= 0.6 is 27.3 Å². The lowest BCUT2D eigenvalue weighted by Gasteiger charge is -2.21. The average Bonchev–Trinajstić information content (AvgIpc) is 2.50. The first-order chi connectivity index (χ1) is 5.99. The van der Waals surface area contributed by atoms with Gasteiger partial charge in [-0.2, -0.15) is 11.3 Å². The second kappa shape index (κ2) is 3.90. The van der Waals surface area contributed by atoms with Crippen LogP contribution < -0.4 is 5.32 Å². The van der Waals surface area contributed by atoms with Gasteiger partial charge >= 0.3 is 0 Å². The zero-order chi connectivity index (χ0) is 10.1. The number of Topliss-reactive ketones (excluding diaryl/α,β-unsaturated/α-hetero) is 1. The first-order valence-electron chi connectivity index (χ1n) is 3.94. The molecule has 0 aliphatic carbocycles. The van der Waals surface area contributed by atoms with E-state index in [1.807, 2.05) is 24.6 Å². The van der Waals surface area contributed by atoms with Gasteiger partial charge in [-0.05, 0) is 36.8 Å². The Kier molecular flexibility index (Phi) is 3.27. The number of halogens is 1. The molecule has 1 N–H and O–H groups in total. The summed E-state index contributed by atoms with van der Waals surface area (Å²) in [5.74, 6) is 0.114. The van der Waals surface area contributed by atoms with Crippen LogP contribution in [0, 0.1) is 0 Å². The third-order valence-electron chi connectivity index (χ3n) is 2.05. The molecule has 0 bridgehead atoms. The second-order valence-electron chi connectivity index (χ2n) is 3.34. The van der Waals surface area contributed by atoms with Crippen molar-refractivity contribution >= 4 is 33.0 Å². The minimum Gasteiger partial charge on any atom is -0.308 e. The lowest BCUT2D eigenvalue weighted by molar-refractivity contribution is 0.0889. The summed E-state index contributed by atoms with van der Waals surface area (Å²) in [6.07, 6.45) is 0. The molecule has 0 aromatic carbocycles. The van der Waals surface area contributed by atoms with E-state index < -0.39 is 5.54 Å². The van der Waals surface area contributed by atoms with Crippen LogP contribution in [0.5, 0.6) is 0 Å². The molecule has 0 saturated carbocycles. The van der Waals surface area contributed by atoms with Gasteiger partial charge in [0.25, 0.3) is 0 Å². The van der Waals surface area contributed by atoms with E-state index in [4.69, 9.17) is 0 Å². The lowest BCUT2D eigenvalue weighted by Crippen LogP contribution is -2.44. The van der Waals surface area contributed by atoms with Gasteiger partial charge in [-0.3, -0.25) is 4.79 Å². The van der Waals surface area contributed by atoms with Crippen molar-refractivity contribution in [1.82, 2.24) is 5.32 Å². The zero-order valence-electron chi connectivity index (χ0n) is 7.85. The highest BCUT2D eigenvalue weighted by Crippen LogP contribution is 2.25. The first-order valence-corrected chi connectivity index (χ1v) is 5.68.